The molecule has 0 aliphatic carbocycles. The number of hydrogen-bond donors (Lipinski definition) is 0. The Bertz CT molecular complexity index is 239. The third-order valence-corrected chi connectivity index (χ3v) is 2.25. The molecule has 0 saturated carbocycles. The summed E-state index contributed by atoms with van der Waals surface area (Å²) in [4.78, 5) is 6.71. The summed E-state index contributed by atoms with van der Waals surface area (Å²) in [6.07, 6.45) is 1.86. The number of aromatic nitrogens is 1. The van der Waals surface area contributed by atoms with E-state index in [9.17, 15) is 0 Å². The van der Waals surface area contributed by atoms with E-state index in [1.165, 1.54) is 18.8 Å². The van der Waals surface area contributed by atoms with Crippen LogP contribution in [0.2, 0.25) is 0 Å². The zero-order chi connectivity index (χ0) is 8.39. The maximum Gasteiger partial charge on any atom is 0.0543 e. The Morgan fingerprint density at radius 2 is 2.33 bits per heavy atom. The molecule has 2 rings (SSSR count). The predicted molar refractivity (Wildman–Crippen MR) is 48.7 cm³/mol. The van der Waals surface area contributed by atoms with Crippen LogP contribution in [0.4, 0.5) is 0 Å². The average molecular weight is 162 g/mol. The summed E-state index contributed by atoms with van der Waals surface area (Å²) in [6.45, 7) is 5.77. The average Bonchev–Trinajstić information content (AvgIpc) is 2.04. The molecule has 0 bridgehead atoms. The first-order valence-electron chi connectivity index (χ1n) is 4.47. The predicted octanol–water partition coefficient (Wildman–Crippen LogP) is 1.53. The van der Waals surface area contributed by atoms with Crippen molar-refractivity contribution in [1.29, 1.82) is 0 Å². The van der Waals surface area contributed by atoms with E-state index in [-0.39, 0.29) is 0 Å². The van der Waals surface area contributed by atoms with Gasteiger partial charge >= 0.3 is 0 Å². The van der Waals surface area contributed by atoms with Crippen molar-refractivity contribution < 1.29 is 0 Å². The fraction of sp³-hybridized carbons (Fsp3) is 0.500. The molecule has 0 N–H and O–H groups in total. The number of pyridine rings is 1. The highest BCUT2D eigenvalue weighted by atomic mass is 15.2. The van der Waals surface area contributed by atoms with Crippen LogP contribution in [0.3, 0.4) is 0 Å². The standard InChI is InChI=1S/C10H14N2/c1-9-6-12(7-9)8-10-4-2-3-5-11-10/h2-5,9H,6-8H2,1H3. The molecule has 1 aromatic heterocycles. The van der Waals surface area contributed by atoms with Crippen molar-refractivity contribution in [3.63, 3.8) is 0 Å². The Morgan fingerprint density at radius 3 is 2.92 bits per heavy atom. The van der Waals surface area contributed by atoms with Crippen LogP contribution in [0, 0.1) is 5.92 Å². The lowest BCUT2D eigenvalue weighted by atomic mass is 10.0. The Hall–Kier alpha value is -0.890. The second-order valence-electron chi connectivity index (χ2n) is 3.62. The van der Waals surface area contributed by atoms with Gasteiger partial charge in [0, 0.05) is 25.8 Å². The van der Waals surface area contributed by atoms with E-state index < -0.39 is 0 Å². The molecule has 0 spiro atoms. The smallest absolute Gasteiger partial charge is 0.0543 e. The van der Waals surface area contributed by atoms with Gasteiger partial charge in [-0.25, -0.2) is 0 Å². The van der Waals surface area contributed by atoms with Crippen LogP contribution < -0.4 is 0 Å². The Morgan fingerprint density at radius 1 is 1.50 bits per heavy atom. The molecule has 0 aromatic carbocycles. The van der Waals surface area contributed by atoms with Gasteiger partial charge in [0.1, 0.15) is 0 Å². The van der Waals surface area contributed by atoms with Gasteiger partial charge in [-0.05, 0) is 18.1 Å². The molecular weight excluding hydrogens is 148 g/mol. The molecule has 0 amide bonds. The topological polar surface area (TPSA) is 16.1 Å². The molecule has 2 heterocycles. The third kappa shape index (κ3) is 1.64. The number of hydrogen-bond acceptors (Lipinski definition) is 2. The maximum atomic E-state index is 4.28. The second-order valence-corrected chi connectivity index (χ2v) is 3.62. The highest BCUT2D eigenvalue weighted by Gasteiger charge is 2.21. The van der Waals surface area contributed by atoms with Gasteiger partial charge in [0.25, 0.3) is 0 Å². The van der Waals surface area contributed by atoms with Gasteiger partial charge < -0.3 is 0 Å². The molecule has 0 radical (unpaired) electrons. The zero-order valence-electron chi connectivity index (χ0n) is 7.40. The minimum Gasteiger partial charge on any atom is -0.297 e. The van der Waals surface area contributed by atoms with Crippen LogP contribution >= 0.6 is 0 Å². The minimum atomic E-state index is 0.883. The Balaban J connectivity index is 1.88. The van der Waals surface area contributed by atoms with E-state index in [0.717, 1.165) is 12.5 Å². The molecule has 0 unspecified atom stereocenters. The van der Waals surface area contributed by atoms with Gasteiger partial charge in [-0.15, -0.1) is 0 Å². The van der Waals surface area contributed by atoms with E-state index in [1.807, 2.05) is 18.3 Å². The van der Waals surface area contributed by atoms with E-state index >= 15 is 0 Å². The summed E-state index contributed by atoms with van der Waals surface area (Å²) in [5.74, 6) is 0.883. The quantitative estimate of drug-likeness (QED) is 0.655. The molecule has 64 valence electrons. The van der Waals surface area contributed by atoms with Gasteiger partial charge in [0.15, 0.2) is 0 Å². The van der Waals surface area contributed by atoms with Crippen LogP contribution in [0.1, 0.15) is 12.6 Å². The lowest BCUT2D eigenvalue weighted by molar-refractivity contribution is 0.103. The van der Waals surface area contributed by atoms with Gasteiger partial charge in [0.05, 0.1) is 5.69 Å². The first-order valence-corrected chi connectivity index (χ1v) is 4.47. The molecule has 1 saturated heterocycles. The SMILES string of the molecule is CC1CN(Cc2ccccn2)C1. The van der Waals surface area contributed by atoms with Crippen molar-refractivity contribution >= 4 is 0 Å². The van der Waals surface area contributed by atoms with Crippen LogP contribution in [-0.2, 0) is 6.54 Å². The molecule has 0 atom stereocenters. The van der Waals surface area contributed by atoms with Crippen molar-refractivity contribution in [2.24, 2.45) is 5.92 Å². The number of rotatable bonds is 2. The molecule has 2 nitrogen and oxygen atoms in total. The largest absolute Gasteiger partial charge is 0.297 e. The lowest BCUT2D eigenvalue weighted by Crippen LogP contribution is -2.44. The minimum absolute atomic E-state index is 0.883. The summed E-state index contributed by atoms with van der Waals surface area (Å²) < 4.78 is 0. The normalized spacial score (nSPS) is 19.1. The van der Waals surface area contributed by atoms with Crippen molar-refractivity contribution in [2.45, 2.75) is 13.5 Å². The van der Waals surface area contributed by atoms with Gasteiger partial charge in [0.2, 0.25) is 0 Å². The van der Waals surface area contributed by atoms with Gasteiger partial charge in [-0.1, -0.05) is 13.0 Å². The van der Waals surface area contributed by atoms with Crippen molar-refractivity contribution in [3.05, 3.63) is 30.1 Å². The summed E-state index contributed by atoms with van der Waals surface area (Å²) in [7, 11) is 0. The fourth-order valence-electron chi connectivity index (χ4n) is 1.68. The first-order chi connectivity index (χ1) is 5.84. The molecule has 1 aliphatic rings. The summed E-state index contributed by atoms with van der Waals surface area (Å²) >= 11 is 0. The van der Waals surface area contributed by atoms with Crippen LogP contribution in [-0.4, -0.2) is 23.0 Å². The molecule has 1 aromatic rings. The van der Waals surface area contributed by atoms with E-state index in [4.69, 9.17) is 0 Å². The van der Waals surface area contributed by atoms with Crippen LogP contribution in [0.15, 0.2) is 24.4 Å². The highest BCUT2D eigenvalue weighted by Crippen LogP contribution is 2.16. The molecule has 1 aliphatic heterocycles. The monoisotopic (exact) mass is 162 g/mol. The Kier molecular flexibility index (Phi) is 2.09. The van der Waals surface area contributed by atoms with Crippen LogP contribution in [0.5, 0.6) is 0 Å². The third-order valence-electron chi connectivity index (χ3n) is 2.25. The highest BCUT2D eigenvalue weighted by molar-refractivity contribution is 5.03. The number of nitrogens with zero attached hydrogens (tertiary/aromatic N) is 2. The summed E-state index contributed by atoms with van der Waals surface area (Å²) in [5.41, 5.74) is 1.18. The molecule has 2 heteroatoms. The van der Waals surface area contributed by atoms with Gasteiger partial charge in [-0.3, -0.25) is 9.88 Å². The van der Waals surface area contributed by atoms with Crippen LogP contribution in [0.25, 0.3) is 0 Å². The zero-order valence-corrected chi connectivity index (χ0v) is 7.40. The van der Waals surface area contributed by atoms with Crippen molar-refractivity contribution in [3.8, 4) is 0 Å². The van der Waals surface area contributed by atoms with E-state index in [2.05, 4.69) is 22.9 Å². The second kappa shape index (κ2) is 3.23. The van der Waals surface area contributed by atoms with E-state index in [0.29, 0.717) is 0 Å². The van der Waals surface area contributed by atoms with Crippen molar-refractivity contribution in [2.75, 3.05) is 13.1 Å². The van der Waals surface area contributed by atoms with Gasteiger partial charge in [-0.2, -0.15) is 0 Å². The maximum absolute atomic E-state index is 4.28. The summed E-state index contributed by atoms with van der Waals surface area (Å²) in [5, 5.41) is 0. The molecule has 1 fully saturated rings. The lowest BCUT2D eigenvalue weighted by Gasteiger charge is -2.36. The molecular formula is C10H14N2. The first kappa shape index (κ1) is 7.74. The summed E-state index contributed by atoms with van der Waals surface area (Å²) in [6, 6.07) is 6.09. The van der Waals surface area contributed by atoms with E-state index in [1.54, 1.807) is 0 Å². The number of likely N-dealkylation sites (tertiary alicyclic amines) is 1. The Labute approximate surface area is 73.2 Å². The molecule has 12 heavy (non-hydrogen) atoms. The fourth-order valence-corrected chi connectivity index (χ4v) is 1.68. The van der Waals surface area contributed by atoms with Crippen molar-refractivity contribution in [1.82, 2.24) is 9.88 Å².